The number of amides is 1. The first-order valence-electron chi connectivity index (χ1n) is 8.35. The molecule has 0 aliphatic rings. The minimum absolute atomic E-state index is 0.134. The molecule has 2 aromatic rings. The van der Waals surface area contributed by atoms with Gasteiger partial charge in [-0.15, -0.1) is 0 Å². The van der Waals surface area contributed by atoms with Crippen molar-refractivity contribution >= 4 is 11.9 Å². The summed E-state index contributed by atoms with van der Waals surface area (Å²) in [6.07, 6.45) is 0. The first kappa shape index (κ1) is 20.4. The number of hydrogen-bond acceptors (Lipinski definition) is 4. The Morgan fingerprint density at radius 3 is 2.33 bits per heavy atom. The third kappa shape index (κ3) is 6.36. The maximum Gasteiger partial charge on any atom is 0.344 e. The second kappa shape index (κ2) is 9.12. The molecule has 27 heavy (non-hydrogen) atoms. The summed E-state index contributed by atoms with van der Waals surface area (Å²) in [5.41, 5.74) is 2.13. The van der Waals surface area contributed by atoms with E-state index in [0.29, 0.717) is 5.75 Å². The highest BCUT2D eigenvalue weighted by atomic mass is 19.1. The fraction of sp³-hybridized carbons (Fsp3) is 0.300. The molecule has 0 heterocycles. The Morgan fingerprint density at radius 2 is 1.70 bits per heavy atom. The lowest BCUT2D eigenvalue weighted by Crippen LogP contribution is -2.32. The van der Waals surface area contributed by atoms with Gasteiger partial charge >= 0.3 is 5.97 Å². The predicted octanol–water partition coefficient (Wildman–Crippen LogP) is 3.38. The van der Waals surface area contributed by atoms with Crippen molar-refractivity contribution in [3.05, 3.63) is 64.7 Å². The van der Waals surface area contributed by atoms with Crippen molar-refractivity contribution in [3.63, 3.8) is 0 Å². The summed E-state index contributed by atoms with van der Waals surface area (Å²) in [5, 5.41) is 2.48. The van der Waals surface area contributed by atoms with Gasteiger partial charge in [0, 0.05) is 11.6 Å². The lowest BCUT2D eigenvalue weighted by Gasteiger charge is -2.15. The van der Waals surface area contributed by atoms with E-state index in [4.69, 9.17) is 9.47 Å². The van der Waals surface area contributed by atoms with Crippen molar-refractivity contribution in [1.29, 1.82) is 0 Å². The lowest BCUT2D eigenvalue weighted by atomic mass is 10.1. The van der Waals surface area contributed by atoms with Crippen molar-refractivity contribution in [2.45, 2.75) is 26.8 Å². The molecule has 0 aromatic heterocycles. The molecule has 0 radical (unpaired) electrons. The molecule has 1 N–H and O–H groups in total. The zero-order valence-corrected chi connectivity index (χ0v) is 15.3. The van der Waals surface area contributed by atoms with Crippen LogP contribution in [0.1, 0.15) is 29.7 Å². The van der Waals surface area contributed by atoms with Crippen molar-refractivity contribution in [1.82, 2.24) is 5.32 Å². The molecular weight excluding hydrogens is 356 g/mol. The van der Waals surface area contributed by atoms with Gasteiger partial charge in [-0.1, -0.05) is 12.1 Å². The minimum atomic E-state index is -0.762. The molecule has 2 aromatic carbocycles. The van der Waals surface area contributed by atoms with Crippen LogP contribution >= 0.6 is 0 Å². The lowest BCUT2D eigenvalue weighted by molar-refractivity contribution is -0.150. The van der Waals surface area contributed by atoms with Crippen LogP contribution in [0.2, 0.25) is 0 Å². The maximum absolute atomic E-state index is 13.7. The van der Waals surface area contributed by atoms with Gasteiger partial charge in [0.15, 0.2) is 13.2 Å². The van der Waals surface area contributed by atoms with Gasteiger partial charge in [0.2, 0.25) is 0 Å². The Morgan fingerprint density at radius 1 is 1.04 bits per heavy atom. The molecule has 2 rings (SSSR count). The summed E-state index contributed by atoms with van der Waals surface area (Å²) in [4.78, 5) is 23.6. The highest BCUT2D eigenvalue weighted by Crippen LogP contribution is 2.18. The van der Waals surface area contributed by atoms with E-state index in [9.17, 15) is 18.4 Å². The van der Waals surface area contributed by atoms with Crippen molar-refractivity contribution in [3.8, 4) is 5.75 Å². The van der Waals surface area contributed by atoms with E-state index in [1.165, 1.54) is 6.07 Å². The molecule has 0 saturated carbocycles. The quantitative estimate of drug-likeness (QED) is 0.752. The SMILES string of the molecule is Cc1cc(C)cc(OCC(=O)OCC(=O)N[C@@H](C)c2ccc(F)cc2F)c1. The van der Waals surface area contributed by atoms with Crippen LogP contribution in [-0.2, 0) is 14.3 Å². The van der Waals surface area contributed by atoms with E-state index in [2.05, 4.69) is 5.32 Å². The number of nitrogens with one attached hydrogen (secondary N) is 1. The van der Waals surface area contributed by atoms with E-state index in [1.54, 1.807) is 19.1 Å². The molecule has 0 unspecified atom stereocenters. The highest BCUT2D eigenvalue weighted by molar-refractivity contribution is 5.81. The number of benzene rings is 2. The Labute approximate surface area is 156 Å². The first-order chi connectivity index (χ1) is 12.7. The number of rotatable bonds is 7. The van der Waals surface area contributed by atoms with E-state index in [-0.39, 0.29) is 12.2 Å². The Kier molecular flexibility index (Phi) is 6.87. The monoisotopic (exact) mass is 377 g/mol. The zero-order chi connectivity index (χ0) is 20.0. The van der Waals surface area contributed by atoms with Crippen LogP contribution in [0.25, 0.3) is 0 Å². The maximum atomic E-state index is 13.7. The molecule has 0 aliphatic heterocycles. The summed E-state index contributed by atoms with van der Waals surface area (Å²) in [7, 11) is 0. The summed E-state index contributed by atoms with van der Waals surface area (Å²) >= 11 is 0. The van der Waals surface area contributed by atoms with Gasteiger partial charge in [-0.05, 0) is 50.1 Å². The third-order valence-electron chi connectivity index (χ3n) is 3.72. The second-order valence-corrected chi connectivity index (χ2v) is 6.23. The standard InChI is InChI=1S/C20H21F2NO4/c1-12-6-13(2)8-16(7-12)26-11-20(25)27-10-19(24)23-14(3)17-5-4-15(21)9-18(17)22/h4-9,14H,10-11H2,1-3H3,(H,23,24)/t14-/m0/s1. The number of carbonyl (C=O) groups is 2. The van der Waals surface area contributed by atoms with E-state index >= 15 is 0 Å². The smallest absolute Gasteiger partial charge is 0.344 e. The van der Waals surface area contributed by atoms with Gasteiger partial charge in [-0.25, -0.2) is 13.6 Å². The van der Waals surface area contributed by atoms with Crippen molar-refractivity contribution in [2.24, 2.45) is 0 Å². The second-order valence-electron chi connectivity index (χ2n) is 6.23. The van der Waals surface area contributed by atoms with Crippen molar-refractivity contribution in [2.75, 3.05) is 13.2 Å². The number of ether oxygens (including phenoxy) is 2. The van der Waals surface area contributed by atoms with Crippen LogP contribution in [0.5, 0.6) is 5.75 Å². The van der Waals surface area contributed by atoms with Gasteiger partial charge < -0.3 is 14.8 Å². The van der Waals surface area contributed by atoms with Crippen LogP contribution in [-0.4, -0.2) is 25.1 Å². The largest absolute Gasteiger partial charge is 0.482 e. The van der Waals surface area contributed by atoms with Gasteiger partial charge in [-0.2, -0.15) is 0 Å². The Hall–Kier alpha value is -2.96. The minimum Gasteiger partial charge on any atom is -0.482 e. The average Bonchev–Trinajstić information content (AvgIpc) is 2.57. The number of hydrogen-bond donors (Lipinski definition) is 1. The Balaban J connectivity index is 1.78. The predicted molar refractivity (Wildman–Crippen MR) is 95.3 cm³/mol. The molecule has 0 fully saturated rings. The van der Waals surface area contributed by atoms with Gasteiger partial charge in [-0.3, -0.25) is 4.79 Å². The van der Waals surface area contributed by atoms with Crippen LogP contribution in [0.15, 0.2) is 36.4 Å². The Bertz CT molecular complexity index is 818. The normalized spacial score (nSPS) is 11.6. The first-order valence-corrected chi connectivity index (χ1v) is 8.35. The number of esters is 1. The average molecular weight is 377 g/mol. The summed E-state index contributed by atoms with van der Waals surface area (Å²) in [6, 6.07) is 7.93. The number of aryl methyl sites for hydroxylation is 2. The topological polar surface area (TPSA) is 64.6 Å². The van der Waals surface area contributed by atoms with Crippen LogP contribution in [0.3, 0.4) is 0 Å². The van der Waals surface area contributed by atoms with E-state index in [0.717, 1.165) is 23.3 Å². The molecular formula is C20H21F2NO4. The van der Waals surface area contributed by atoms with E-state index in [1.807, 2.05) is 19.9 Å². The molecule has 1 atom stereocenters. The van der Waals surface area contributed by atoms with Crippen LogP contribution < -0.4 is 10.1 Å². The highest BCUT2D eigenvalue weighted by Gasteiger charge is 2.15. The molecule has 7 heteroatoms. The fourth-order valence-corrected chi connectivity index (χ4v) is 2.56. The molecule has 5 nitrogen and oxygen atoms in total. The number of halogens is 2. The molecule has 1 amide bonds. The molecule has 0 spiro atoms. The summed E-state index contributed by atoms with van der Waals surface area (Å²) in [6.45, 7) is 4.50. The summed E-state index contributed by atoms with van der Waals surface area (Å²) < 4.78 is 36.8. The van der Waals surface area contributed by atoms with Gasteiger partial charge in [0.05, 0.1) is 6.04 Å². The van der Waals surface area contributed by atoms with Gasteiger partial charge in [0.1, 0.15) is 17.4 Å². The fourth-order valence-electron chi connectivity index (χ4n) is 2.56. The zero-order valence-electron chi connectivity index (χ0n) is 15.3. The molecule has 0 bridgehead atoms. The molecule has 144 valence electrons. The van der Waals surface area contributed by atoms with Crippen LogP contribution in [0, 0.1) is 25.5 Å². The van der Waals surface area contributed by atoms with Crippen molar-refractivity contribution < 1.29 is 27.8 Å². The van der Waals surface area contributed by atoms with Gasteiger partial charge in [0.25, 0.3) is 5.91 Å². The van der Waals surface area contributed by atoms with Crippen LogP contribution in [0.4, 0.5) is 8.78 Å². The molecule has 0 aliphatic carbocycles. The summed E-state index contributed by atoms with van der Waals surface area (Å²) in [5.74, 6) is -2.24. The van der Waals surface area contributed by atoms with E-state index < -0.39 is 36.2 Å². The third-order valence-corrected chi connectivity index (χ3v) is 3.72. The number of carbonyl (C=O) groups excluding carboxylic acids is 2. The molecule has 0 saturated heterocycles.